The van der Waals surface area contributed by atoms with E-state index in [4.69, 9.17) is 4.98 Å². The molecule has 0 atom stereocenters. The number of nitrogens with one attached hydrogen (secondary N) is 2. The van der Waals surface area contributed by atoms with Crippen molar-refractivity contribution < 1.29 is 0 Å². The number of H-pyrrole nitrogens is 1. The number of para-hydroxylation sites is 1. The summed E-state index contributed by atoms with van der Waals surface area (Å²) >= 11 is 0. The van der Waals surface area contributed by atoms with Gasteiger partial charge in [-0.2, -0.15) is 0 Å². The van der Waals surface area contributed by atoms with Crippen LogP contribution in [-0.2, 0) is 13.5 Å². The van der Waals surface area contributed by atoms with Crippen LogP contribution in [0.15, 0.2) is 30.5 Å². The van der Waals surface area contributed by atoms with Crippen LogP contribution in [0.5, 0.6) is 0 Å². The van der Waals surface area contributed by atoms with E-state index in [0.717, 1.165) is 24.5 Å². The Hall–Kier alpha value is -2.07. The molecular weight excluding hydrogens is 248 g/mol. The van der Waals surface area contributed by atoms with Crippen molar-refractivity contribution in [3.63, 3.8) is 0 Å². The van der Waals surface area contributed by atoms with Gasteiger partial charge < -0.3 is 14.9 Å². The molecule has 104 valence electrons. The first-order valence-corrected chi connectivity index (χ1v) is 6.95. The second-order valence-corrected chi connectivity index (χ2v) is 5.12. The average molecular weight is 268 g/mol. The van der Waals surface area contributed by atoms with E-state index in [-0.39, 0.29) is 0 Å². The molecule has 0 saturated heterocycles. The Balaban J connectivity index is 2.12. The highest BCUT2D eigenvalue weighted by molar-refractivity contribution is 5.95. The molecule has 3 rings (SSSR count). The molecule has 0 aliphatic heterocycles. The molecular formula is C16H20N4. The molecule has 3 aromatic rings. The maximum Gasteiger partial charge on any atom is 0.110 e. The Labute approximate surface area is 118 Å². The fourth-order valence-electron chi connectivity index (χ4n) is 2.80. The van der Waals surface area contributed by atoms with Gasteiger partial charge in [0.25, 0.3) is 0 Å². The van der Waals surface area contributed by atoms with Crippen molar-refractivity contribution in [2.75, 3.05) is 13.6 Å². The van der Waals surface area contributed by atoms with Gasteiger partial charge in [0, 0.05) is 42.7 Å². The van der Waals surface area contributed by atoms with Crippen LogP contribution in [-0.4, -0.2) is 28.1 Å². The SMILES string of the molecule is CNCCc1nc(C)c(-c2c[nH]c3ccccc23)n1C. The Morgan fingerprint density at radius 2 is 2.10 bits per heavy atom. The molecule has 0 radical (unpaired) electrons. The van der Waals surface area contributed by atoms with Crippen molar-refractivity contribution >= 4 is 10.9 Å². The summed E-state index contributed by atoms with van der Waals surface area (Å²) in [5.41, 5.74) is 4.68. The minimum atomic E-state index is 0.941. The number of imidazole rings is 1. The van der Waals surface area contributed by atoms with E-state index in [1.165, 1.54) is 22.2 Å². The molecule has 0 spiro atoms. The third kappa shape index (κ3) is 2.02. The van der Waals surface area contributed by atoms with Crippen molar-refractivity contribution in [2.45, 2.75) is 13.3 Å². The number of rotatable bonds is 4. The van der Waals surface area contributed by atoms with Crippen LogP contribution >= 0.6 is 0 Å². The number of hydrogen-bond acceptors (Lipinski definition) is 2. The van der Waals surface area contributed by atoms with Gasteiger partial charge in [0.2, 0.25) is 0 Å². The molecule has 0 fully saturated rings. The Bertz CT molecular complexity index is 736. The lowest BCUT2D eigenvalue weighted by Gasteiger charge is -2.06. The monoisotopic (exact) mass is 268 g/mol. The second-order valence-electron chi connectivity index (χ2n) is 5.12. The lowest BCUT2D eigenvalue weighted by atomic mass is 10.1. The molecule has 0 aliphatic rings. The number of aromatic amines is 1. The molecule has 0 amide bonds. The van der Waals surface area contributed by atoms with Gasteiger partial charge >= 0.3 is 0 Å². The quantitative estimate of drug-likeness (QED) is 0.764. The Morgan fingerprint density at radius 3 is 2.90 bits per heavy atom. The Kier molecular flexibility index (Phi) is 3.32. The van der Waals surface area contributed by atoms with Gasteiger partial charge in [-0.05, 0) is 20.0 Å². The molecule has 0 unspecified atom stereocenters. The zero-order valence-corrected chi connectivity index (χ0v) is 12.2. The van der Waals surface area contributed by atoms with Gasteiger partial charge in [0.15, 0.2) is 0 Å². The highest BCUT2D eigenvalue weighted by atomic mass is 15.1. The molecule has 2 heterocycles. The normalized spacial score (nSPS) is 11.3. The van der Waals surface area contributed by atoms with Crippen molar-refractivity contribution in [3.05, 3.63) is 42.0 Å². The molecule has 2 aromatic heterocycles. The van der Waals surface area contributed by atoms with Crippen molar-refractivity contribution in [2.24, 2.45) is 7.05 Å². The van der Waals surface area contributed by atoms with E-state index >= 15 is 0 Å². The topological polar surface area (TPSA) is 45.6 Å². The van der Waals surface area contributed by atoms with Gasteiger partial charge in [-0.3, -0.25) is 0 Å². The lowest BCUT2D eigenvalue weighted by molar-refractivity contribution is 0.720. The Morgan fingerprint density at radius 1 is 1.30 bits per heavy atom. The third-order valence-electron chi connectivity index (χ3n) is 3.81. The van der Waals surface area contributed by atoms with Crippen molar-refractivity contribution in [1.29, 1.82) is 0 Å². The molecule has 4 heteroatoms. The molecule has 1 aromatic carbocycles. The van der Waals surface area contributed by atoms with Crippen LogP contribution < -0.4 is 5.32 Å². The maximum atomic E-state index is 4.72. The van der Waals surface area contributed by atoms with Crippen LogP contribution in [0.2, 0.25) is 0 Å². The highest BCUT2D eigenvalue weighted by Gasteiger charge is 2.16. The first kappa shape index (κ1) is 12.9. The van der Waals surface area contributed by atoms with E-state index in [2.05, 4.69) is 59.3 Å². The first-order chi connectivity index (χ1) is 9.72. The molecule has 2 N–H and O–H groups in total. The van der Waals surface area contributed by atoms with Crippen LogP contribution in [0.3, 0.4) is 0 Å². The maximum absolute atomic E-state index is 4.72. The van der Waals surface area contributed by atoms with Gasteiger partial charge in [0.05, 0.1) is 11.4 Å². The predicted molar refractivity (Wildman–Crippen MR) is 82.9 cm³/mol. The summed E-state index contributed by atoms with van der Waals surface area (Å²) < 4.78 is 2.21. The summed E-state index contributed by atoms with van der Waals surface area (Å²) in [5.74, 6) is 1.12. The van der Waals surface area contributed by atoms with Gasteiger partial charge in [-0.15, -0.1) is 0 Å². The number of fused-ring (bicyclic) bond motifs is 1. The van der Waals surface area contributed by atoms with E-state index in [0.29, 0.717) is 0 Å². The zero-order valence-electron chi connectivity index (χ0n) is 12.2. The fourth-order valence-corrected chi connectivity index (χ4v) is 2.80. The molecule has 20 heavy (non-hydrogen) atoms. The predicted octanol–water partition coefficient (Wildman–Crippen LogP) is 2.64. The van der Waals surface area contributed by atoms with Gasteiger partial charge in [-0.25, -0.2) is 4.98 Å². The lowest BCUT2D eigenvalue weighted by Crippen LogP contribution is -2.13. The summed E-state index contributed by atoms with van der Waals surface area (Å²) in [5, 5.41) is 4.43. The van der Waals surface area contributed by atoms with Crippen LogP contribution in [0.1, 0.15) is 11.5 Å². The summed E-state index contributed by atoms with van der Waals surface area (Å²) in [6.45, 7) is 3.03. The number of nitrogens with zero attached hydrogens (tertiary/aromatic N) is 2. The second kappa shape index (κ2) is 5.13. The average Bonchev–Trinajstić information content (AvgIpc) is 2.98. The summed E-state index contributed by atoms with van der Waals surface area (Å²) in [7, 11) is 4.07. The first-order valence-electron chi connectivity index (χ1n) is 6.95. The van der Waals surface area contributed by atoms with Crippen molar-refractivity contribution in [3.8, 4) is 11.3 Å². The molecule has 0 aliphatic carbocycles. The fraction of sp³-hybridized carbons (Fsp3) is 0.312. The van der Waals surface area contributed by atoms with Crippen LogP contribution in [0.4, 0.5) is 0 Å². The smallest absolute Gasteiger partial charge is 0.110 e. The van der Waals surface area contributed by atoms with Crippen LogP contribution in [0, 0.1) is 6.92 Å². The summed E-state index contributed by atoms with van der Waals surface area (Å²) in [4.78, 5) is 8.06. The number of hydrogen-bond donors (Lipinski definition) is 2. The molecule has 0 bridgehead atoms. The standard InChI is InChI=1S/C16H20N4/c1-11-16(20(3)15(19-11)8-9-17-2)13-10-18-14-7-5-4-6-12(13)14/h4-7,10,17-18H,8-9H2,1-3H3. The van der Waals surface area contributed by atoms with Crippen LogP contribution in [0.25, 0.3) is 22.2 Å². The van der Waals surface area contributed by atoms with E-state index < -0.39 is 0 Å². The molecule has 0 saturated carbocycles. The van der Waals surface area contributed by atoms with Crippen molar-refractivity contribution in [1.82, 2.24) is 19.9 Å². The molecule has 4 nitrogen and oxygen atoms in total. The van der Waals surface area contributed by atoms with E-state index in [1.54, 1.807) is 0 Å². The summed E-state index contributed by atoms with van der Waals surface area (Å²) in [6.07, 6.45) is 3.02. The minimum Gasteiger partial charge on any atom is -0.360 e. The van der Waals surface area contributed by atoms with E-state index in [9.17, 15) is 0 Å². The largest absolute Gasteiger partial charge is 0.360 e. The zero-order chi connectivity index (χ0) is 14.1. The number of aromatic nitrogens is 3. The summed E-state index contributed by atoms with van der Waals surface area (Å²) in [6, 6.07) is 8.39. The minimum absolute atomic E-state index is 0.941. The van der Waals surface area contributed by atoms with E-state index in [1.807, 2.05) is 7.05 Å². The number of aryl methyl sites for hydroxylation is 1. The number of benzene rings is 1. The third-order valence-corrected chi connectivity index (χ3v) is 3.81. The number of likely N-dealkylation sites (N-methyl/N-ethyl adjacent to an activating group) is 1. The highest BCUT2D eigenvalue weighted by Crippen LogP contribution is 2.31. The van der Waals surface area contributed by atoms with Gasteiger partial charge in [-0.1, -0.05) is 18.2 Å². The van der Waals surface area contributed by atoms with Gasteiger partial charge in [0.1, 0.15) is 5.82 Å².